The summed E-state index contributed by atoms with van der Waals surface area (Å²) in [5.41, 5.74) is 3.87. The van der Waals surface area contributed by atoms with E-state index in [4.69, 9.17) is 0 Å². The molecule has 0 fully saturated rings. The summed E-state index contributed by atoms with van der Waals surface area (Å²) in [5.74, 6) is 0. The Hall–Kier alpha value is -0.160. The quantitative estimate of drug-likeness (QED) is 0.761. The molecule has 1 heterocycles. The summed E-state index contributed by atoms with van der Waals surface area (Å²) < 4.78 is 2.34. The molecule has 1 aromatic carbocycles. The van der Waals surface area contributed by atoms with Gasteiger partial charge in [-0.25, -0.2) is 0 Å². The van der Waals surface area contributed by atoms with Crippen LogP contribution >= 0.6 is 43.2 Å². The van der Waals surface area contributed by atoms with Crippen LogP contribution in [0, 0.1) is 13.8 Å². The van der Waals surface area contributed by atoms with E-state index in [1.807, 2.05) is 7.05 Å². The normalized spacial score (nSPS) is 12.7. The molecule has 0 aliphatic rings. The molecule has 0 amide bonds. The maximum absolute atomic E-state index is 3.67. The van der Waals surface area contributed by atoms with E-state index in [1.54, 1.807) is 11.3 Å². The second-order valence-corrected chi connectivity index (χ2v) is 7.80. The van der Waals surface area contributed by atoms with Crippen molar-refractivity contribution in [2.45, 2.75) is 19.9 Å². The third-order valence-corrected chi connectivity index (χ3v) is 5.25. The van der Waals surface area contributed by atoms with Gasteiger partial charge >= 0.3 is 0 Å². The van der Waals surface area contributed by atoms with Crippen molar-refractivity contribution in [3.63, 3.8) is 0 Å². The highest BCUT2D eigenvalue weighted by Crippen LogP contribution is 2.36. The van der Waals surface area contributed by atoms with Crippen LogP contribution in [0.15, 0.2) is 32.5 Å². The first-order valence-electron chi connectivity index (χ1n) is 5.72. The van der Waals surface area contributed by atoms with Gasteiger partial charge in [-0.1, -0.05) is 28.1 Å². The predicted octanol–water partition coefficient (Wildman–Crippen LogP) is 5.20. The number of nitrogens with one attached hydrogen (secondary N) is 1. The fourth-order valence-corrected chi connectivity index (χ4v) is 4.56. The molecule has 1 N–H and O–H groups in total. The molecule has 96 valence electrons. The van der Waals surface area contributed by atoms with E-state index < -0.39 is 0 Å². The van der Waals surface area contributed by atoms with Gasteiger partial charge in [0.1, 0.15) is 0 Å². The summed E-state index contributed by atoms with van der Waals surface area (Å²) in [7, 11) is 2.00. The summed E-state index contributed by atoms with van der Waals surface area (Å²) in [6.07, 6.45) is 0. The lowest BCUT2D eigenvalue weighted by Gasteiger charge is -2.18. The molecule has 0 spiro atoms. The third-order valence-electron chi connectivity index (χ3n) is 2.99. The first kappa shape index (κ1) is 14.3. The van der Waals surface area contributed by atoms with Crippen LogP contribution in [-0.2, 0) is 0 Å². The Morgan fingerprint density at radius 3 is 2.33 bits per heavy atom. The van der Waals surface area contributed by atoms with Gasteiger partial charge in [-0.15, -0.1) is 11.3 Å². The number of rotatable bonds is 3. The van der Waals surface area contributed by atoms with E-state index in [9.17, 15) is 0 Å². The van der Waals surface area contributed by atoms with Gasteiger partial charge < -0.3 is 5.32 Å². The Labute approximate surface area is 129 Å². The maximum atomic E-state index is 3.67. The summed E-state index contributed by atoms with van der Waals surface area (Å²) in [6, 6.07) is 8.93. The number of hydrogen-bond donors (Lipinski definition) is 1. The fraction of sp³-hybridized carbons (Fsp3) is 0.286. The Morgan fingerprint density at radius 2 is 1.83 bits per heavy atom. The zero-order chi connectivity index (χ0) is 13.3. The van der Waals surface area contributed by atoms with Gasteiger partial charge in [0.05, 0.1) is 9.83 Å². The zero-order valence-electron chi connectivity index (χ0n) is 10.6. The molecule has 1 aromatic heterocycles. The molecule has 4 heteroatoms. The van der Waals surface area contributed by atoms with Crippen molar-refractivity contribution in [1.29, 1.82) is 0 Å². The van der Waals surface area contributed by atoms with Crippen LogP contribution < -0.4 is 5.32 Å². The van der Waals surface area contributed by atoms with Crippen molar-refractivity contribution >= 4 is 43.2 Å². The standard InChI is InChI=1S/C14H15Br2NS/c1-8-4-5-10(12(15)6-8)14(17-3)11-7-13(16)18-9(11)2/h4-7,14,17H,1-3H3. The molecule has 0 aliphatic heterocycles. The maximum Gasteiger partial charge on any atom is 0.0704 e. The van der Waals surface area contributed by atoms with Crippen LogP contribution in [0.1, 0.15) is 27.6 Å². The van der Waals surface area contributed by atoms with Crippen LogP contribution in [0.4, 0.5) is 0 Å². The van der Waals surface area contributed by atoms with Crippen LogP contribution in [-0.4, -0.2) is 7.05 Å². The molecular weight excluding hydrogens is 374 g/mol. The van der Waals surface area contributed by atoms with Crippen LogP contribution in [0.25, 0.3) is 0 Å². The molecule has 2 rings (SSSR count). The molecule has 0 aliphatic carbocycles. The molecule has 2 aromatic rings. The van der Waals surface area contributed by atoms with Crippen molar-refractivity contribution in [2.75, 3.05) is 7.05 Å². The zero-order valence-corrected chi connectivity index (χ0v) is 14.5. The molecule has 0 saturated carbocycles. The minimum atomic E-state index is 0.225. The molecule has 0 bridgehead atoms. The SMILES string of the molecule is CNC(c1ccc(C)cc1Br)c1cc(Br)sc1C. The highest BCUT2D eigenvalue weighted by atomic mass is 79.9. The topological polar surface area (TPSA) is 12.0 Å². The van der Waals surface area contributed by atoms with Gasteiger partial charge in [-0.05, 0) is 65.6 Å². The van der Waals surface area contributed by atoms with Crippen molar-refractivity contribution in [2.24, 2.45) is 0 Å². The molecular formula is C14H15Br2NS. The van der Waals surface area contributed by atoms with Crippen molar-refractivity contribution in [1.82, 2.24) is 5.32 Å². The van der Waals surface area contributed by atoms with Gasteiger partial charge in [-0.3, -0.25) is 0 Å². The molecule has 1 nitrogen and oxygen atoms in total. The van der Waals surface area contributed by atoms with Gasteiger partial charge in [0.15, 0.2) is 0 Å². The average molecular weight is 389 g/mol. The average Bonchev–Trinajstić information content (AvgIpc) is 2.62. The van der Waals surface area contributed by atoms with Crippen LogP contribution in [0.3, 0.4) is 0 Å². The number of aryl methyl sites for hydroxylation is 2. The van der Waals surface area contributed by atoms with Gasteiger partial charge in [0.2, 0.25) is 0 Å². The molecule has 0 saturated heterocycles. The molecule has 1 unspecified atom stereocenters. The number of hydrogen-bond acceptors (Lipinski definition) is 2. The highest BCUT2D eigenvalue weighted by molar-refractivity contribution is 9.11. The lowest BCUT2D eigenvalue weighted by atomic mass is 9.99. The summed E-state index contributed by atoms with van der Waals surface area (Å²) in [4.78, 5) is 1.34. The smallest absolute Gasteiger partial charge is 0.0704 e. The summed E-state index contributed by atoms with van der Waals surface area (Å²) in [6.45, 7) is 4.27. The third kappa shape index (κ3) is 2.87. The second kappa shape index (κ2) is 5.87. The van der Waals surface area contributed by atoms with Crippen molar-refractivity contribution < 1.29 is 0 Å². The van der Waals surface area contributed by atoms with E-state index in [2.05, 4.69) is 75.3 Å². The fourth-order valence-electron chi connectivity index (χ4n) is 2.09. The Kier molecular flexibility index (Phi) is 4.64. The van der Waals surface area contributed by atoms with E-state index in [1.165, 1.54) is 25.4 Å². The number of thiophene rings is 1. The van der Waals surface area contributed by atoms with E-state index >= 15 is 0 Å². The summed E-state index contributed by atoms with van der Waals surface area (Å²) >= 11 is 9.01. The first-order valence-corrected chi connectivity index (χ1v) is 8.12. The largest absolute Gasteiger partial charge is 0.309 e. The Balaban J connectivity index is 2.48. The Morgan fingerprint density at radius 1 is 1.11 bits per heavy atom. The molecule has 1 atom stereocenters. The number of halogens is 2. The lowest BCUT2D eigenvalue weighted by Crippen LogP contribution is -2.18. The molecule has 0 radical (unpaired) electrons. The highest BCUT2D eigenvalue weighted by Gasteiger charge is 2.18. The van der Waals surface area contributed by atoms with Gasteiger partial charge in [0, 0.05) is 9.35 Å². The van der Waals surface area contributed by atoms with E-state index in [0.29, 0.717) is 0 Å². The van der Waals surface area contributed by atoms with Gasteiger partial charge in [0.25, 0.3) is 0 Å². The van der Waals surface area contributed by atoms with E-state index in [0.717, 1.165) is 4.47 Å². The molecule has 18 heavy (non-hydrogen) atoms. The minimum Gasteiger partial charge on any atom is -0.309 e. The Bertz CT molecular complexity index is 563. The van der Waals surface area contributed by atoms with Crippen LogP contribution in [0.2, 0.25) is 0 Å². The monoisotopic (exact) mass is 387 g/mol. The number of benzene rings is 1. The van der Waals surface area contributed by atoms with Crippen molar-refractivity contribution in [3.05, 3.63) is 54.1 Å². The minimum absolute atomic E-state index is 0.225. The second-order valence-electron chi connectivity index (χ2n) is 4.31. The predicted molar refractivity (Wildman–Crippen MR) is 86.5 cm³/mol. The first-order chi connectivity index (χ1) is 8.52. The van der Waals surface area contributed by atoms with Gasteiger partial charge in [-0.2, -0.15) is 0 Å². The van der Waals surface area contributed by atoms with Crippen LogP contribution in [0.5, 0.6) is 0 Å². The van der Waals surface area contributed by atoms with E-state index in [-0.39, 0.29) is 6.04 Å². The van der Waals surface area contributed by atoms with Crippen molar-refractivity contribution in [3.8, 4) is 0 Å². The summed E-state index contributed by atoms with van der Waals surface area (Å²) in [5, 5.41) is 3.40. The lowest BCUT2D eigenvalue weighted by molar-refractivity contribution is 0.687.